The molecule has 2 heterocycles. The van der Waals surface area contributed by atoms with Crippen LogP contribution in [0.1, 0.15) is 22.2 Å². The van der Waals surface area contributed by atoms with E-state index in [1.54, 1.807) is 40.4 Å². The molecule has 0 unspecified atom stereocenters. The first-order chi connectivity index (χ1) is 11.3. The number of amides is 1. The van der Waals surface area contributed by atoms with Crippen molar-refractivity contribution in [3.8, 4) is 5.75 Å². The number of nitrogens with zero attached hydrogens (tertiary/aromatic N) is 2. The van der Waals surface area contributed by atoms with Gasteiger partial charge in [0.05, 0.1) is 24.9 Å². The van der Waals surface area contributed by atoms with Crippen molar-refractivity contribution in [3.63, 3.8) is 0 Å². The summed E-state index contributed by atoms with van der Waals surface area (Å²) in [4.78, 5) is 13.7. The molecule has 0 saturated heterocycles. The number of para-hydroxylation sites is 1. The van der Waals surface area contributed by atoms with Gasteiger partial charge in [-0.05, 0) is 30.5 Å². The van der Waals surface area contributed by atoms with E-state index in [-0.39, 0.29) is 5.91 Å². The largest absolute Gasteiger partial charge is 0.493 e. The highest BCUT2D eigenvalue weighted by atomic mass is 32.1. The maximum absolute atomic E-state index is 12.5. The number of carbonyl (C=O) groups is 1. The Balaban J connectivity index is 1.77. The highest BCUT2D eigenvalue weighted by Gasteiger charge is 2.14. The first-order valence-electron chi connectivity index (χ1n) is 7.35. The fourth-order valence-electron chi connectivity index (χ4n) is 2.23. The van der Waals surface area contributed by atoms with E-state index in [9.17, 15) is 4.79 Å². The van der Waals surface area contributed by atoms with Gasteiger partial charge >= 0.3 is 0 Å². The zero-order valence-electron chi connectivity index (χ0n) is 12.7. The predicted octanol–water partition coefficient (Wildman–Crippen LogP) is 3.64. The minimum atomic E-state index is -0.207. The van der Waals surface area contributed by atoms with Crippen molar-refractivity contribution in [3.05, 3.63) is 64.5 Å². The predicted molar refractivity (Wildman–Crippen MR) is 91.2 cm³/mol. The molecule has 1 aromatic carbocycles. The number of benzene rings is 1. The van der Waals surface area contributed by atoms with E-state index in [4.69, 9.17) is 4.74 Å². The summed E-state index contributed by atoms with van der Waals surface area (Å²) in [6, 6.07) is 13.0. The third-order valence-electron chi connectivity index (χ3n) is 3.28. The summed E-state index contributed by atoms with van der Waals surface area (Å²) in [5.74, 6) is 1.04. The summed E-state index contributed by atoms with van der Waals surface area (Å²) in [6.07, 6.45) is 1.68. The number of aromatic nitrogens is 2. The van der Waals surface area contributed by atoms with Crippen LogP contribution in [0.3, 0.4) is 0 Å². The molecule has 118 valence electrons. The van der Waals surface area contributed by atoms with E-state index in [0.29, 0.717) is 30.3 Å². The quantitative estimate of drug-likeness (QED) is 0.752. The van der Waals surface area contributed by atoms with Crippen LogP contribution >= 0.6 is 11.3 Å². The molecule has 3 rings (SSSR count). The zero-order valence-corrected chi connectivity index (χ0v) is 13.5. The van der Waals surface area contributed by atoms with Crippen molar-refractivity contribution in [2.45, 2.75) is 13.5 Å². The molecular formula is C17H17N3O2S. The van der Waals surface area contributed by atoms with Gasteiger partial charge in [0, 0.05) is 10.9 Å². The fourth-order valence-corrected chi connectivity index (χ4v) is 2.92. The first kappa shape index (κ1) is 15.3. The normalized spacial score (nSPS) is 10.5. The van der Waals surface area contributed by atoms with Crippen LogP contribution < -0.4 is 10.1 Å². The van der Waals surface area contributed by atoms with Crippen molar-refractivity contribution in [2.24, 2.45) is 0 Å². The molecule has 0 aliphatic carbocycles. The van der Waals surface area contributed by atoms with Gasteiger partial charge in [0.2, 0.25) is 0 Å². The Morgan fingerprint density at radius 3 is 2.91 bits per heavy atom. The van der Waals surface area contributed by atoms with Gasteiger partial charge in [0.15, 0.2) is 0 Å². The Bertz CT molecular complexity index is 781. The Morgan fingerprint density at radius 1 is 1.26 bits per heavy atom. The summed E-state index contributed by atoms with van der Waals surface area (Å²) >= 11 is 1.66. The smallest absolute Gasteiger partial charge is 0.260 e. The molecule has 6 heteroatoms. The SMILES string of the molecule is CCOc1ccccc1C(=O)Nc1ccnn1Cc1cccs1. The molecule has 0 atom stereocenters. The second-order valence-corrected chi connectivity index (χ2v) is 5.87. The van der Waals surface area contributed by atoms with Gasteiger partial charge in [0.25, 0.3) is 5.91 Å². The van der Waals surface area contributed by atoms with Crippen molar-refractivity contribution in [2.75, 3.05) is 11.9 Å². The summed E-state index contributed by atoms with van der Waals surface area (Å²) in [5.41, 5.74) is 0.512. The lowest BCUT2D eigenvalue weighted by Crippen LogP contribution is -2.17. The van der Waals surface area contributed by atoms with Crippen molar-refractivity contribution < 1.29 is 9.53 Å². The molecular weight excluding hydrogens is 310 g/mol. The Hall–Kier alpha value is -2.60. The minimum Gasteiger partial charge on any atom is -0.493 e. The molecule has 1 N–H and O–H groups in total. The van der Waals surface area contributed by atoms with Crippen molar-refractivity contribution >= 4 is 23.1 Å². The number of thiophene rings is 1. The maximum Gasteiger partial charge on any atom is 0.260 e. The first-order valence-corrected chi connectivity index (χ1v) is 8.23. The zero-order chi connectivity index (χ0) is 16.1. The number of ether oxygens (including phenoxy) is 1. The van der Waals surface area contributed by atoms with Gasteiger partial charge in [-0.2, -0.15) is 5.10 Å². The fraction of sp³-hybridized carbons (Fsp3) is 0.176. The monoisotopic (exact) mass is 327 g/mol. The highest BCUT2D eigenvalue weighted by molar-refractivity contribution is 7.09. The van der Waals surface area contributed by atoms with Gasteiger partial charge in [0.1, 0.15) is 11.6 Å². The number of hydrogen-bond acceptors (Lipinski definition) is 4. The van der Waals surface area contributed by atoms with E-state index >= 15 is 0 Å². The lowest BCUT2D eigenvalue weighted by atomic mass is 10.2. The minimum absolute atomic E-state index is 0.207. The van der Waals surface area contributed by atoms with Gasteiger partial charge < -0.3 is 10.1 Å². The average molecular weight is 327 g/mol. The van der Waals surface area contributed by atoms with E-state index < -0.39 is 0 Å². The molecule has 23 heavy (non-hydrogen) atoms. The molecule has 1 amide bonds. The van der Waals surface area contributed by atoms with Gasteiger partial charge in [-0.25, -0.2) is 4.68 Å². The summed E-state index contributed by atoms with van der Waals surface area (Å²) in [6.45, 7) is 3.04. The van der Waals surface area contributed by atoms with E-state index in [2.05, 4.69) is 10.4 Å². The number of anilines is 1. The van der Waals surface area contributed by atoms with Crippen LogP contribution in [0.2, 0.25) is 0 Å². The van der Waals surface area contributed by atoms with Gasteiger partial charge in [-0.15, -0.1) is 11.3 Å². The van der Waals surface area contributed by atoms with E-state index in [1.165, 1.54) is 4.88 Å². The molecule has 0 bridgehead atoms. The molecule has 0 saturated carbocycles. The Labute approximate surface area is 138 Å². The number of carbonyl (C=O) groups excluding carboxylic acids is 1. The van der Waals surface area contributed by atoms with Crippen LogP contribution in [0.4, 0.5) is 5.82 Å². The number of hydrogen-bond donors (Lipinski definition) is 1. The van der Waals surface area contributed by atoms with Crippen LogP contribution in [0.25, 0.3) is 0 Å². The standard InChI is InChI=1S/C17H17N3O2S/c1-2-22-15-8-4-3-7-14(15)17(21)19-16-9-10-18-20(16)12-13-6-5-11-23-13/h3-11H,2,12H2,1H3,(H,19,21). The summed E-state index contributed by atoms with van der Waals surface area (Å²) in [7, 11) is 0. The second kappa shape index (κ2) is 7.11. The van der Waals surface area contributed by atoms with Crippen LogP contribution in [0.15, 0.2) is 54.0 Å². The maximum atomic E-state index is 12.5. The molecule has 3 aromatic rings. The molecule has 5 nitrogen and oxygen atoms in total. The van der Waals surface area contributed by atoms with Crippen LogP contribution in [0.5, 0.6) is 5.75 Å². The van der Waals surface area contributed by atoms with Crippen LogP contribution in [-0.2, 0) is 6.54 Å². The van der Waals surface area contributed by atoms with Crippen molar-refractivity contribution in [1.29, 1.82) is 0 Å². The number of rotatable bonds is 6. The molecule has 0 fully saturated rings. The second-order valence-electron chi connectivity index (χ2n) is 4.84. The molecule has 0 aliphatic rings. The third kappa shape index (κ3) is 3.60. The lowest BCUT2D eigenvalue weighted by Gasteiger charge is -2.11. The van der Waals surface area contributed by atoms with Gasteiger partial charge in [-0.3, -0.25) is 4.79 Å². The average Bonchev–Trinajstić information content (AvgIpc) is 3.21. The Kier molecular flexibility index (Phi) is 4.73. The Morgan fingerprint density at radius 2 is 2.13 bits per heavy atom. The topological polar surface area (TPSA) is 56.1 Å². The van der Waals surface area contributed by atoms with Crippen molar-refractivity contribution in [1.82, 2.24) is 9.78 Å². The lowest BCUT2D eigenvalue weighted by molar-refractivity contribution is 0.102. The molecule has 2 aromatic heterocycles. The highest BCUT2D eigenvalue weighted by Crippen LogP contribution is 2.20. The van der Waals surface area contributed by atoms with E-state index in [0.717, 1.165) is 0 Å². The summed E-state index contributed by atoms with van der Waals surface area (Å²) in [5, 5.41) is 9.20. The van der Waals surface area contributed by atoms with E-state index in [1.807, 2.05) is 36.6 Å². The molecule has 0 aliphatic heterocycles. The van der Waals surface area contributed by atoms with Crippen LogP contribution in [0, 0.1) is 0 Å². The van der Waals surface area contributed by atoms with Crippen LogP contribution in [-0.4, -0.2) is 22.3 Å². The molecule has 0 radical (unpaired) electrons. The number of nitrogens with one attached hydrogen (secondary N) is 1. The summed E-state index contributed by atoms with van der Waals surface area (Å²) < 4.78 is 7.28. The van der Waals surface area contributed by atoms with Gasteiger partial charge in [-0.1, -0.05) is 18.2 Å². The third-order valence-corrected chi connectivity index (χ3v) is 4.14. The molecule has 0 spiro atoms.